The number of nitrogens with one attached hydrogen (secondary N) is 2. The third-order valence-electron chi connectivity index (χ3n) is 5.62. The van der Waals surface area contributed by atoms with Crippen LogP contribution in [0.2, 0.25) is 0 Å². The van der Waals surface area contributed by atoms with Crippen molar-refractivity contribution < 1.29 is 18.4 Å². The first-order valence-electron chi connectivity index (χ1n) is 10.7. The molecule has 2 aromatic carbocycles. The van der Waals surface area contributed by atoms with Gasteiger partial charge in [-0.2, -0.15) is 0 Å². The predicted molar refractivity (Wildman–Crippen MR) is 140 cm³/mol. The number of aryl methyl sites for hydroxylation is 2. The molecule has 0 saturated carbocycles. The average Bonchev–Trinajstić information content (AvgIpc) is 2.84. The number of rotatable bonds is 4. The highest BCUT2D eigenvalue weighted by Gasteiger charge is 2.26. The van der Waals surface area contributed by atoms with Crippen LogP contribution in [-0.2, 0) is 0 Å². The second-order valence-corrected chi connectivity index (χ2v) is 9.93. The molecule has 4 amide bonds. The zero-order chi connectivity index (χ0) is 26.6. The summed E-state index contributed by atoms with van der Waals surface area (Å²) in [5.74, 6) is -0.931. The Morgan fingerprint density at radius 1 is 0.694 bits per heavy atom. The van der Waals surface area contributed by atoms with Crippen molar-refractivity contribution in [2.45, 2.75) is 13.8 Å². The van der Waals surface area contributed by atoms with Gasteiger partial charge in [0.2, 0.25) is 0 Å². The highest BCUT2D eigenvalue weighted by Crippen LogP contribution is 2.25. The van der Waals surface area contributed by atoms with Gasteiger partial charge >= 0.3 is 12.1 Å². The number of nitrogens with zero attached hydrogens (tertiary/aromatic N) is 2. The molecule has 0 atom stereocenters. The highest BCUT2D eigenvalue weighted by molar-refractivity contribution is 6.59. The first kappa shape index (κ1) is 28.1. The lowest BCUT2D eigenvalue weighted by Gasteiger charge is -2.35. The van der Waals surface area contributed by atoms with Crippen molar-refractivity contribution in [1.29, 1.82) is 0 Å². The molecule has 0 radical (unpaired) electrons. The molecular weight excluding hydrogens is 556 g/mol. The molecule has 0 aliphatic carbocycles. The van der Waals surface area contributed by atoms with Crippen molar-refractivity contribution in [3.63, 3.8) is 0 Å². The van der Waals surface area contributed by atoms with E-state index in [0.29, 0.717) is 22.3 Å². The summed E-state index contributed by atoms with van der Waals surface area (Å²) in [6.45, 7) is 4.00. The molecule has 2 aromatic rings. The van der Waals surface area contributed by atoms with Crippen LogP contribution in [0.1, 0.15) is 22.3 Å². The molecule has 1 aliphatic rings. The third-order valence-corrected chi connectivity index (χ3v) is 6.37. The molecule has 1 aliphatic heterocycles. The highest BCUT2D eigenvalue weighted by atomic mass is 35.5. The van der Waals surface area contributed by atoms with E-state index in [0.717, 1.165) is 0 Å². The van der Waals surface area contributed by atoms with Gasteiger partial charge in [-0.05, 0) is 37.1 Å². The van der Waals surface area contributed by atoms with E-state index in [1.54, 1.807) is 38.1 Å². The predicted octanol–water partition coefficient (Wildman–Crippen LogP) is 6.53. The van der Waals surface area contributed by atoms with Gasteiger partial charge in [0.05, 0.1) is 11.4 Å². The molecule has 0 spiro atoms. The molecule has 2 N–H and O–H groups in total. The number of carbonyl (C=O) groups is 2. The van der Waals surface area contributed by atoms with Crippen LogP contribution in [-0.4, -0.2) is 48.0 Å². The summed E-state index contributed by atoms with van der Waals surface area (Å²) < 4.78 is 27.5. The smallest absolute Gasteiger partial charge is 0.321 e. The molecule has 1 fully saturated rings. The average molecular weight is 578 g/mol. The zero-order valence-electron chi connectivity index (χ0n) is 19.3. The molecule has 6 nitrogen and oxygen atoms in total. The summed E-state index contributed by atoms with van der Waals surface area (Å²) in [5, 5.41) is 5.22. The van der Waals surface area contributed by atoms with E-state index in [2.05, 4.69) is 10.6 Å². The van der Waals surface area contributed by atoms with Gasteiger partial charge in [0, 0.05) is 37.3 Å². The van der Waals surface area contributed by atoms with Gasteiger partial charge in [-0.15, -0.1) is 0 Å². The van der Waals surface area contributed by atoms with Crippen LogP contribution < -0.4 is 10.6 Å². The second kappa shape index (κ2) is 12.1. The van der Waals surface area contributed by atoms with Crippen molar-refractivity contribution >= 4 is 69.9 Å². The number of piperazine rings is 1. The molecule has 192 valence electrons. The van der Waals surface area contributed by atoms with Gasteiger partial charge in [0.25, 0.3) is 0 Å². The molecule has 12 heteroatoms. The van der Waals surface area contributed by atoms with Gasteiger partial charge in [0.15, 0.2) is 0 Å². The Morgan fingerprint density at radius 3 is 1.31 bits per heavy atom. The first-order valence-corrected chi connectivity index (χ1v) is 12.2. The topological polar surface area (TPSA) is 64.7 Å². The number of hydrogen-bond acceptors (Lipinski definition) is 2. The van der Waals surface area contributed by atoms with Gasteiger partial charge in [-0.1, -0.05) is 70.7 Å². The first-order chi connectivity index (χ1) is 17.0. The van der Waals surface area contributed by atoms with E-state index in [9.17, 15) is 18.4 Å². The van der Waals surface area contributed by atoms with Gasteiger partial charge in [-0.25, -0.2) is 18.4 Å². The van der Waals surface area contributed by atoms with E-state index in [1.165, 1.54) is 21.9 Å². The van der Waals surface area contributed by atoms with E-state index in [1.807, 2.05) is 0 Å². The number of halogens is 6. The number of hydrogen-bond donors (Lipinski definition) is 2. The molecule has 1 saturated heterocycles. The Kier molecular flexibility index (Phi) is 9.47. The largest absolute Gasteiger partial charge is 0.322 e. The minimum absolute atomic E-state index is 0.0688. The minimum atomic E-state index is -0.510. The van der Waals surface area contributed by atoms with Crippen molar-refractivity contribution in [3.8, 4) is 0 Å². The summed E-state index contributed by atoms with van der Waals surface area (Å²) in [7, 11) is 0. The van der Waals surface area contributed by atoms with E-state index >= 15 is 0 Å². The molecular formula is C24H22Cl4F2N4O2. The Labute approximate surface area is 227 Å². The fraction of sp³-hybridized carbons (Fsp3) is 0.250. The molecule has 1 heterocycles. The SMILES string of the molecule is Cc1ccc(C(NC(=O)N2CCN(C(=O)NC(=C(Cl)Cl)c3ccc(C)c(F)c3)CC2)=C(Cl)Cl)cc1F. The number of carbonyl (C=O) groups excluding carboxylic acids is 2. The normalized spacial score (nSPS) is 13.2. The zero-order valence-corrected chi connectivity index (χ0v) is 22.3. The lowest BCUT2D eigenvalue weighted by molar-refractivity contribution is 0.147. The maximum absolute atomic E-state index is 14.0. The lowest BCUT2D eigenvalue weighted by atomic mass is 10.1. The van der Waals surface area contributed by atoms with Gasteiger partial charge in [-0.3, -0.25) is 0 Å². The molecule has 0 bridgehead atoms. The van der Waals surface area contributed by atoms with Crippen molar-refractivity contribution in [2.24, 2.45) is 0 Å². The van der Waals surface area contributed by atoms with Gasteiger partial charge < -0.3 is 20.4 Å². The molecule has 3 rings (SSSR count). The summed E-state index contributed by atoms with van der Waals surface area (Å²) in [5.41, 5.74) is 1.64. The van der Waals surface area contributed by atoms with Crippen LogP contribution >= 0.6 is 46.4 Å². The third kappa shape index (κ3) is 6.82. The van der Waals surface area contributed by atoms with Crippen molar-refractivity contribution in [1.82, 2.24) is 20.4 Å². The van der Waals surface area contributed by atoms with E-state index in [4.69, 9.17) is 46.4 Å². The van der Waals surface area contributed by atoms with Crippen molar-refractivity contribution in [3.05, 3.63) is 79.3 Å². The maximum atomic E-state index is 14.0. The lowest BCUT2D eigenvalue weighted by Crippen LogP contribution is -2.54. The van der Waals surface area contributed by atoms with Crippen LogP contribution in [0.4, 0.5) is 18.4 Å². The number of amides is 4. The number of urea groups is 2. The van der Waals surface area contributed by atoms with Crippen LogP contribution in [0.25, 0.3) is 11.4 Å². The van der Waals surface area contributed by atoms with Crippen LogP contribution in [0, 0.1) is 25.5 Å². The standard InChI is InChI=1S/C24H22Cl4F2N4O2/c1-13-3-5-15(11-17(13)29)19(21(25)26)31-23(35)33-7-9-34(10-8-33)24(36)32-20(22(27)28)16-6-4-14(2)18(30)12-16/h3-6,11-12H,7-10H2,1-2H3,(H,31,35)(H,32,36). The summed E-state index contributed by atoms with van der Waals surface area (Å²) in [6, 6.07) is 7.71. The minimum Gasteiger partial charge on any atom is -0.321 e. The van der Waals surface area contributed by atoms with Crippen LogP contribution in [0.5, 0.6) is 0 Å². The van der Waals surface area contributed by atoms with E-state index in [-0.39, 0.29) is 46.6 Å². The maximum Gasteiger partial charge on any atom is 0.322 e. The molecule has 0 unspecified atom stereocenters. The summed E-state index contributed by atoms with van der Waals surface area (Å²) >= 11 is 23.8. The Morgan fingerprint density at radius 2 is 1.03 bits per heavy atom. The fourth-order valence-electron chi connectivity index (χ4n) is 3.44. The Balaban J connectivity index is 1.62. The summed E-state index contributed by atoms with van der Waals surface area (Å²) in [4.78, 5) is 28.5. The monoisotopic (exact) mass is 576 g/mol. The number of benzene rings is 2. The molecule has 36 heavy (non-hydrogen) atoms. The van der Waals surface area contributed by atoms with Crippen molar-refractivity contribution in [2.75, 3.05) is 26.2 Å². The Bertz CT molecular complexity index is 1140. The van der Waals surface area contributed by atoms with Crippen LogP contribution in [0.15, 0.2) is 45.4 Å². The fourth-order valence-corrected chi connectivity index (χ4v) is 4.06. The Hall–Kier alpha value is -2.52. The molecule has 0 aromatic heterocycles. The second-order valence-electron chi connectivity index (χ2n) is 8.03. The van der Waals surface area contributed by atoms with Gasteiger partial charge in [0.1, 0.15) is 20.6 Å². The van der Waals surface area contributed by atoms with E-state index < -0.39 is 23.7 Å². The van der Waals surface area contributed by atoms with Crippen LogP contribution in [0.3, 0.4) is 0 Å². The summed E-state index contributed by atoms with van der Waals surface area (Å²) in [6.07, 6.45) is 0. The quantitative estimate of drug-likeness (QED) is 0.434.